The Kier molecular flexibility index (Phi) is 4.70. The van der Waals surface area contributed by atoms with Gasteiger partial charge in [0, 0.05) is 6.54 Å². The minimum Gasteiger partial charge on any atom is -0.395 e. The highest BCUT2D eigenvalue weighted by Gasteiger charge is 2.20. The molecule has 0 aliphatic carbocycles. The van der Waals surface area contributed by atoms with Crippen LogP contribution in [-0.2, 0) is 4.79 Å². The Morgan fingerprint density at radius 2 is 2.17 bits per heavy atom. The lowest BCUT2D eigenvalue weighted by atomic mass is 10.2. The Labute approximate surface area is 106 Å². The molecule has 1 rings (SSSR count). The number of anilines is 1. The lowest BCUT2D eigenvalue weighted by Crippen LogP contribution is -2.45. The zero-order valence-corrected chi connectivity index (χ0v) is 10.8. The fourth-order valence-electron chi connectivity index (χ4n) is 1.34. The maximum absolute atomic E-state index is 11.8. The van der Waals surface area contributed by atoms with Gasteiger partial charge in [-0.2, -0.15) is 5.10 Å². The number of hydrogen-bond acceptors (Lipinski definition) is 4. The predicted octanol–water partition coefficient (Wildman–Crippen LogP) is -0.0552. The maximum atomic E-state index is 11.8. The van der Waals surface area contributed by atoms with Crippen molar-refractivity contribution in [2.45, 2.75) is 33.2 Å². The summed E-state index contributed by atoms with van der Waals surface area (Å²) in [6, 6.07) is -0.625. The second-order valence-corrected chi connectivity index (χ2v) is 4.10. The van der Waals surface area contributed by atoms with Crippen LogP contribution in [0.3, 0.4) is 0 Å². The van der Waals surface area contributed by atoms with Crippen molar-refractivity contribution >= 4 is 17.5 Å². The highest BCUT2D eigenvalue weighted by molar-refractivity contribution is 6.00. The number of H-pyrrole nitrogens is 1. The van der Waals surface area contributed by atoms with Gasteiger partial charge in [0.1, 0.15) is 6.04 Å². The lowest BCUT2D eigenvalue weighted by molar-refractivity contribution is -0.122. The first-order valence-corrected chi connectivity index (χ1v) is 5.86. The van der Waals surface area contributed by atoms with E-state index < -0.39 is 11.9 Å². The van der Waals surface area contributed by atoms with Gasteiger partial charge >= 0.3 is 0 Å². The third kappa shape index (κ3) is 3.22. The molecular weight excluding hydrogens is 234 g/mol. The van der Waals surface area contributed by atoms with Crippen molar-refractivity contribution in [1.82, 2.24) is 20.8 Å². The predicted molar refractivity (Wildman–Crippen MR) is 68.0 cm³/mol. The third-order valence-corrected chi connectivity index (χ3v) is 2.50. The molecule has 18 heavy (non-hydrogen) atoms. The van der Waals surface area contributed by atoms with Crippen molar-refractivity contribution in [2.75, 3.05) is 12.3 Å². The molecule has 0 aromatic carbocycles. The second kappa shape index (κ2) is 6.04. The zero-order chi connectivity index (χ0) is 13.7. The fraction of sp³-hybridized carbons (Fsp3) is 0.545. The molecule has 2 amide bonds. The number of nitrogen functional groups attached to an aromatic ring is 1. The monoisotopic (exact) mass is 253 g/mol. The van der Waals surface area contributed by atoms with Gasteiger partial charge in [0.05, 0.1) is 11.4 Å². The highest BCUT2D eigenvalue weighted by Crippen LogP contribution is 2.12. The van der Waals surface area contributed by atoms with Crippen LogP contribution in [-0.4, -0.2) is 34.6 Å². The number of aromatic amines is 1. The highest BCUT2D eigenvalue weighted by atomic mass is 16.2. The van der Waals surface area contributed by atoms with E-state index in [9.17, 15) is 9.59 Å². The fourth-order valence-corrected chi connectivity index (χ4v) is 1.34. The number of nitrogens with zero attached hydrogens (tertiary/aromatic N) is 1. The van der Waals surface area contributed by atoms with Crippen LogP contribution in [0.2, 0.25) is 0 Å². The molecule has 0 aliphatic heterocycles. The number of aryl methyl sites for hydroxylation is 1. The van der Waals surface area contributed by atoms with E-state index in [0.717, 1.165) is 6.42 Å². The molecule has 1 atom stereocenters. The molecule has 0 spiro atoms. The van der Waals surface area contributed by atoms with Crippen LogP contribution in [0.4, 0.5) is 5.69 Å². The third-order valence-electron chi connectivity index (χ3n) is 2.50. The molecular formula is C11H19N5O2. The van der Waals surface area contributed by atoms with E-state index in [4.69, 9.17) is 5.73 Å². The van der Waals surface area contributed by atoms with Crippen LogP contribution in [0.25, 0.3) is 0 Å². The van der Waals surface area contributed by atoms with Crippen LogP contribution in [0.1, 0.15) is 36.5 Å². The molecule has 0 bridgehead atoms. The molecule has 0 aliphatic rings. The number of hydrogen-bond donors (Lipinski definition) is 4. The van der Waals surface area contributed by atoms with Crippen LogP contribution in [0.5, 0.6) is 0 Å². The summed E-state index contributed by atoms with van der Waals surface area (Å²) in [7, 11) is 0. The van der Waals surface area contributed by atoms with Crippen molar-refractivity contribution in [3.8, 4) is 0 Å². The summed E-state index contributed by atoms with van der Waals surface area (Å²) in [5.41, 5.74) is 6.72. The number of aromatic nitrogens is 2. The second-order valence-electron chi connectivity index (χ2n) is 4.10. The minimum atomic E-state index is -0.625. The largest absolute Gasteiger partial charge is 0.395 e. The van der Waals surface area contributed by atoms with Crippen LogP contribution in [0.15, 0.2) is 0 Å². The Bertz CT molecular complexity index is 441. The summed E-state index contributed by atoms with van der Waals surface area (Å²) < 4.78 is 0. The first-order valence-electron chi connectivity index (χ1n) is 5.86. The van der Waals surface area contributed by atoms with Crippen molar-refractivity contribution in [3.05, 3.63) is 11.4 Å². The summed E-state index contributed by atoms with van der Waals surface area (Å²) in [5, 5.41) is 11.7. The minimum absolute atomic E-state index is 0.114. The van der Waals surface area contributed by atoms with E-state index in [2.05, 4.69) is 20.8 Å². The first-order chi connectivity index (χ1) is 8.47. The standard InChI is InChI=1S/C11H19N5O2/c1-4-5-13-10(17)7(3)14-11(18)9-8(12)6(2)15-16-9/h7H,4-5,12H2,1-3H3,(H,13,17)(H,14,18)(H,15,16). The Morgan fingerprint density at radius 3 is 2.67 bits per heavy atom. The van der Waals surface area contributed by atoms with Crippen LogP contribution >= 0.6 is 0 Å². The summed E-state index contributed by atoms with van der Waals surface area (Å²) in [6.07, 6.45) is 0.845. The molecule has 1 aromatic heterocycles. The van der Waals surface area contributed by atoms with Crippen LogP contribution < -0.4 is 16.4 Å². The molecule has 5 N–H and O–H groups in total. The molecule has 7 heteroatoms. The van der Waals surface area contributed by atoms with E-state index >= 15 is 0 Å². The van der Waals surface area contributed by atoms with Gasteiger partial charge in [-0.3, -0.25) is 14.7 Å². The van der Waals surface area contributed by atoms with Gasteiger partial charge in [-0.1, -0.05) is 6.92 Å². The molecule has 1 unspecified atom stereocenters. The molecule has 1 aromatic rings. The summed E-state index contributed by atoms with van der Waals surface area (Å²) in [4.78, 5) is 23.4. The smallest absolute Gasteiger partial charge is 0.274 e. The Morgan fingerprint density at radius 1 is 1.50 bits per heavy atom. The van der Waals surface area contributed by atoms with Crippen LogP contribution in [0, 0.1) is 6.92 Å². The number of amides is 2. The van der Waals surface area contributed by atoms with E-state index in [1.54, 1.807) is 13.8 Å². The molecule has 1 heterocycles. The quantitative estimate of drug-likeness (QED) is 0.589. The lowest BCUT2D eigenvalue weighted by Gasteiger charge is -2.13. The average Bonchev–Trinajstić information content (AvgIpc) is 2.66. The first kappa shape index (κ1) is 14.0. The molecule has 0 saturated carbocycles. The number of carbonyl (C=O) groups is 2. The van der Waals surface area contributed by atoms with E-state index in [-0.39, 0.29) is 11.6 Å². The van der Waals surface area contributed by atoms with Gasteiger partial charge in [0.25, 0.3) is 5.91 Å². The zero-order valence-electron chi connectivity index (χ0n) is 10.8. The number of rotatable bonds is 5. The number of nitrogens with two attached hydrogens (primary N) is 1. The van der Waals surface area contributed by atoms with E-state index in [1.807, 2.05) is 6.92 Å². The Hall–Kier alpha value is -2.05. The maximum Gasteiger partial charge on any atom is 0.274 e. The van der Waals surface area contributed by atoms with Gasteiger partial charge in [0.2, 0.25) is 5.91 Å². The van der Waals surface area contributed by atoms with Gasteiger partial charge in [-0.25, -0.2) is 0 Å². The van der Waals surface area contributed by atoms with Crippen molar-refractivity contribution in [2.24, 2.45) is 0 Å². The molecule has 0 fully saturated rings. The normalized spacial score (nSPS) is 11.9. The Balaban J connectivity index is 2.59. The topological polar surface area (TPSA) is 113 Å². The summed E-state index contributed by atoms with van der Waals surface area (Å²) in [6.45, 7) is 5.87. The van der Waals surface area contributed by atoms with Gasteiger partial charge in [0.15, 0.2) is 5.69 Å². The van der Waals surface area contributed by atoms with Crippen molar-refractivity contribution in [1.29, 1.82) is 0 Å². The molecule has 0 radical (unpaired) electrons. The summed E-state index contributed by atoms with van der Waals surface area (Å²) in [5.74, 6) is -0.688. The summed E-state index contributed by atoms with van der Waals surface area (Å²) >= 11 is 0. The van der Waals surface area contributed by atoms with E-state index in [0.29, 0.717) is 17.9 Å². The average molecular weight is 253 g/mol. The van der Waals surface area contributed by atoms with Gasteiger partial charge in [-0.15, -0.1) is 0 Å². The number of nitrogens with one attached hydrogen (secondary N) is 3. The SMILES string of the molecule is CCCNC(=O)C(C)NC(=O)c1n[nH]c(C)c1N. The number of carbonyl (C=O) groups excluding carboxylic acids is 2. The molecule has 0 saturated heterocycles. The van der Waals surface area contributed by atoms with E-state index in [1.165, 1.54) is 0 Å². The molecule has 7 nitrogen and oxygen atoms in total. The van der Waals surface area contributed by atoms with Gasteiger partial charge in [-0.05, 0) is 20.3 Å². The van der Waals surface area contributed by atoms with Crippen molar-refractivity contribution in [3.63, 3.8) is 0 Å². The molecule has 100 valence electrons. The van der Waals surface area contributed by atoms with Crippen molar-refractivity contribution < 1.29 is 9.59 Å². The van der Waals surface area contributed by atoms with Gasteiger partial charge < -0.3 is 16.4 Å².